The molecule has 41 heavy (non-hydrogen) atoms. The molecule has 0 aromatic heterocycles. The van der Waals surface area contributed by atoms with Crippen molar-refractivity contribution in [1.29, 1.82) is 0 Å². The molecule has 0 aliphatic carbocycles. The number of amides is 1. The van der Waals surface area contributed by atoms with Crippen LogP contribution in [0.1, 0.15) is 60.2 Å². The number of hydrogen-bond donors (Lipinski definition) is 2. The lowest BCUT2D eigenvalue weighted by Gasteiger charge is -2.25. The highest BCUT2D eigenvalue weighted by atomic mass is 32.3. The number of rotatable bonds is 15. The molecule has 0 radical (unpaired) electrons. The lowest BCUT2D eigenvalue weighted by atomic mass is 10.0. The molecule has 1 unspecified atom stereocenters. The van der Waals surface area contributed by atoms with E-state index < -0.39 is 22.1 Å². The molecule has 0 spiro atoms. The van der Waals surface area contributed by atoms with Gasteiger partial charge in [-0.1, -0.05) is 44.5 Å². The summed E-state index contributed by atoms with van der Waals surface area (Å²) < 4.78 is 35.2. The maximum atomic E-state index is 13.9. The SMILES string of the molecule is CCCCN(C)S1(c2ccc(C(=O)N[C@H](CCNCc3cccc(CC)c3)Cc3cc(F)cc(F)c3)cc2)OC1=O. The topological polar surface area (TPSA) is 74.0 Å². The smallest absolute Gasteiger partial charge is 0.376 e. The van der Waals surface area contributed by atoms with E-state index in [2.05, 4.69) is 42.7 Å². The zero-order valence-corrected chi connectivity index (χ0v) is 24.7. The number of hydrogen-bond acceptors (Lipinski definition) is 5. The van der Waals surface area contributed by atoms with Crippen molar-refractivity contribution in [3.05, 3.63) is 101 Å². The summed E-state index contributed by atoms with van der Waals surface area (Å²) in [6.45, 7) is 6.25. The highest BCUT2D eigenvalue weighted by Crippen LogP contribution is 2.73. The summed E-state index contributed by atoms with van der Waals surface area (Å²) in [6.07, 6.45) is 3.78. The van der Waals surface area contributed by atoms with Gasteiger partial charge in [0.15, 0.2) is 0 Å². The van der Waals surface area contributed by atoms with Gasteiger partial charge in [-0.15, -0.1) is 0 Å². The maximum Gasteiger partial charge on any atom is 0.412 e. The standard InChI is InChI=1S/C32H39F2N3O3S/c1-4-6-16-37(3)41(32(39)40-41)30-12-10-26(11-13-30)31(38)36-29(20-25-18-27(33)21-28(34)19-25)14-15-35-22-24-9-7-8-23(5-2)17-24/h7-13,17-19,21,29,35H,4-6,14-16,20,22H2,1-3H3,(H,36,38)/t29-/m1/s1. The van der Waals surface area contributed by atoms with Crippen LogP contribution in [0.15, 0.2) is 71.6 Å². The zero-order chi connectivity index (χ0) is 29.4. The van der Waals surface area contributed by atoms with Gasteiger partial charge >= 0.3 is 5.30 Å². The van der Waals surface area contributed by atoms with Crippen molar-refractivity contribution in [1.82, 2.24) is 14.9 Å². The van der Waals surface area contributed by atoms with E-state index in [0.717, 1.165) is 36.8 Å². The third-order valence-corrected chi connectivity index (χ3v) is 9.98. The Labute approximate surface area is 243 Å². The van der Waals surface area contributed by atoms with Gasteiger partial charge in [-0.25, -0.2) is 17.9 Å². The normalized spacial score (nSPS) is 18.4. The molecule has 6 nitrogen and oxygen atoms in total. The quantitative estimate of drug-likeness (QED) is 0.150. The van der Waals surface area contributed by atoms with Crippen molar-refractivity contribution in [2.75, 3.05) is 20.1 Å². The van der Waals surface area contributed by atoms with Crippen molar-refractivity contribution in [2.24, 2.45) is 0 Å². The summed E-state index contributed by atoms with van der Waals surface area (Å²) in [7, 11) is -0.220. The Morgan fingerprint density at radius 1 is 0.976 bits per heavy atom. The molecule has 3 aromatic carbocycles. The number of carbonyl (C=O) groups is 2. The minimum absolute atomic E-state index is 0.218. The second-order valence-corrected chi connectivity index (χ2v) is 13.0. The van der Waals surface area contributed by atoms with E-state index in [0.29, 0.717) is 30.6 Å². The first-order valence-corrected chi connectivity index (χ1v) is 15.7. The Kier molecular flexibility index (Phi) is 10.5. The molecule has 1 heterocycles. The fourth-order valence-corrected chi connectivity index (χ4v) is 7.15. The molecule has 1 saturated heterocycles. The van der Waals surface area contributed by atoms with Crippen LogP contribution in [0.25, 0.3) is 0 Å². The van der Waals surface area contributed by atoms with Crippen LogP contribution in [0.3, 0.4) is 0 Å². The number of carbonyl (C=O) groups excluding carboxylic acids is 2. The van der Waals surface area contributed by atoms with Crippen molar-refractivity contribution in [3.8, 4) is 0 Å². The molecular formula is C32H39F2N3O3S. The molecule has 220 valence electrons. The van der Waals surface area contributed by atoms with Crippen LogP contribution in [0.2, 0.25) is 0 Å². The molecule has 0 bridgehead atoms. The number of nitrogens with one attached hydrogen (secondary N) is 2. The molecule has 0 saturated carbocycles. The van der Waals surface area contributed by atoms with Crippen LogP contribution >= 0.6 is 10.5 Å². The van der Waals surface area contributed by atoms with Gasteiger partial charge in [0.2, 0.25) is 0 Å². The first-order chi connectivity index (χ1) is 19.7. The summed E-state index contributed by atoms with van der Waals surface area (Å²) in [4.78, 5) is 26.3. The monoisotopic (exact) mass is 583 g/mol. The molecule has 1 aliphatic rings. The molecule has 2 N–H and O–H groups in total. The Morgan fingerprint density at radius 3 is 2.29 bits per heavy atom. The Hall–Kier alpha value is -3.27. The summed E-state index contributed by atoms with van der Waals surface area (Å²) in [5, 5.41) is 6.25. The molecule has 4 rings (SSSR count). The maximum absolute atomic E-state index is 13.9. The predicted octanol–water partition coefficient (Wildman–Crippen LogP) is 6.92. The fraction of sp³-hybridized carbons (Fsp3) is 0.375. The Balaban J connectivity index is 1.42. The van der Waals surface area contributed by atoms with Crippen molar-refractivity contribution in [2.45, 2.75) is 63.4 Å². The third-order valence-electron chi connectivity index (χ3n) is 7.23. The average Bonchev–Trinajstić information content (AvgIpc) is 3.65. The highest BCUT2D eigenvalue weighted by molar-refractivity contribution is 8.46. The minimum Gasteiger partial charge on any atom is -0.376 e. The van der Waals surface area contributed by atoms with Crippen molar-refractivity contribution in [3.63, 3.8) is 0 Å². The number of nitrogens with zero attached hydrogens (tertiary/aromatic N) is 1. The van der Waals surface area contributed by atoms with Gasteiger partial charge < -0.3 is 14.8 Å². The van der Waals surface area contributed by atoms with Crippen molar-refractivity contribution < 1.29 is 22.6 Å². The van der Waals surface area contributed by atoms with Crippen LogP contribution in [0, 0.1) is 11.6 Å². The fourth-order valence-electron chi connectivity index (χ4n) is 4.87. The van der Waals surface area contributed by atoms with E-state index in [1.165, 1.54) is 23.3 Å². The number of benzene rings is 3. The summed E-state index contributed by atoms with van der Waals surface area (Å²) >= 11 is 0. The van der Waals surface area contributed by atoms with E-state index in [9.17, 15) is 18.4 Å². The molecule has 3 aromatic rings. The molecular weight excluding hydrogens is 544 g/mol. The van der Waals surface area contributed by atoms with E-state index in [1.807, 2.05) is 17.4 Å². The lowest BCUT2D eigenvalue weighted by molar-refractivity contribution is 0.0934. The Bertz CT molecular complexity index is 1330. The first-order valence-electron chi connectivity index (χ1n) is 14.2. The van der Waals surface area contributed by atoms with Gasteiger partial charge in [-0.2, -0.15) is 0 Å². The molecule has 1 fully saturated rings. The molecule has 2 atom stereocenters. The summed E-state index contributed by atoms with van der Waals surface area (Å²) in [5.41, 5.74) is 3.36. The first kappa shape index (κ1) is 30.7. The largest absolute Gasteiger partial charge is 0.412 e. The zero-order valence-electron chi connectivity index (χ0n) is 23.9. The van der Waals surface area contributed by atoms with Crippen LogP contribution in [0.4, 0.5) is 13.6 Å². The molecule has 1 aliphatic heterocycles. The van der Waals surface area contributed by atoms with E-state index in [-0.39, 0.29) is 23.7 Å². The number of halogens is 2. The number of aryl methyl sites for hydroxylation is 1. The van der Waals surface area contributed by atoms with Crippen LogP contribution < -0.4 is 10.6 Å². The van der Waals surface area contributed by atoms with Gasteiger partial charge in [0.25, 0.3) is 5.91 Å². The summed E-state index contributed by atoms with van der Waals surface area (Å²) in [5.74, 6) is -1.58. The molecule has 9 heteroatoms. The van der Waals surface area contributed by atoms with Crippen molar-refractivity contribution >= 4 is 21.7 Å². The second-order valence-electron chi connectivity index (χ2n) is 10.4. The van der Waals surface area contributed by atoms with Gasteiger partial charge in [0.1, 0.15) is 11.6 Å². The van der Waals surface area contributed by atoms with Gasteiger partial charge in [0, 0.05) is 35.7 Å². The van der Waals surface area contributed by atoms with E-state index in [1.54, 1.807) is 24.3 Å². The van der Waals surface area contributed by atoms with Gasteiger partial charge in [-0.05, 0) is 92.4 Å². The molecule has 1 amide bonds. The minimum atomic E-state index is -2.11. The van der Waals surface area contributed by atoms with E-state index >= 15 is 0 Å². The van der Waals surface area contributed by atoms with Crippen LogP contribution in [-0.4, -0.2) is 41.7 Å². The number of unbranched alkanes of at least 4 members (excludes halogenated alkanes) is 1. The van der Waals surface area contributed by atoms with Crippen LogP contribution in [0.5, 0.6) is 0 Å². The van der Waals surface area contributed by atoms with Gasteiger partial charge in [-0.3, -0.25) is 4.79 Å². The third kappa shape index (κ3) is 7.93. The Morgan fingerprint density at radius 2 is 1.66 bits per heavy atom. The van der Waals surface area contributed by atoms with E-state index in [4.69, 9.17) is 4.18 Å². The highest BCUT2D eigenvalue weighted by Gasteiger charge is 2.58. The van der Waals surface area contributed by atoms with Crippen LogP contribution in [-0.2, 0) is 23.6 Å². The second kappa shape index (κ2) is 14.1. The average molecular weight is 584 g/mol. The lowest BCUT2D eigenvalue weighted by Crippen LogP contribution is -2.38. The van der Waals surface area contributed by atoms with Gasteiger partial charge in [0.05, 0.1) is 10.5 Å². The summed E-state index contributed by atoms with van der Waals surface area (Å²) in [6, 6.07) is 18.4. The predicted molar refractivity (Wildman–Crippen MR) is 160 cm³/mol.